The highest BCUT2D eigenvalue weighted by Gasteiger charge is 2.40. The van der Waals surface area contributed by atoms with Gasteiger partial charge in [-0.05, 0) is 57.4 Å². The molecule has 1 unspecified atom stereocenters. The van der Waals surface area contributed by atoms with Gasteiger partial charge in [-0.2, -0.15) is 5.10 Å². The van der Waals surface area contributed by atoms with Crippen LogP contribution in [-0.4, -0.2) is 40.0 Å². The van der Waals surface area contributed by atoms with Gasteiger partial charge in [-0.1, -0.05) is 30.3 Å². The van der Waals surface area contributed by atoms with Gasteiger partial charge < -0.3 is 4.74 Å². The Kier molecular flexibility index (Phi) is 5.65. The fraction of sp³-hybridized carbons (Fsp3) is 0.609. The topological polar surface area (TPSA) is 30.3 Å². The Morgan fingerprint density at radius 2 is 1.96 bits per heavy atom. The molecule has 0 amide bonds. The highest BCUT2D eigenvalue weighted by molar-refractivity contribution is 5.17. The van der Waals surface area contributed by atoms with Crippen molar-refractivity contribution in [2.75, 3.05) is 19.7 Å². The molecule has 1 atom stereocenters. The van der Waals surface area contributed by atoms with E-state index in [9.17, 15) is 0 Å². The summed E-state index contributed by atoms with van der Waals surface area (Å²) < 4.78 is 8.47. The minimum absolute atomic E-state index is 0.122. The second-order valence-corrected chi connectivity index (χ2v) is 8.43. The van der Waals surface area contributed by atoms with Gasteiger partial charge in [0, 0.05) is 44.0 Å². The van der Waals surface area contributed by atoms with Crippen LogP contribution in [0.1, 0.15) is 49.4 Å². The van der Waals surface area contributed by atoms with Gasteiger partial charge in [0.05, 0.1) is 11.8 Å². The van der Waals surface area contributed by atoms with Crippen molar-refractivity contribution >= 4 is 0 Å². The van der Waals surface area contributed by atoms with Crippen LogP contribution in [0, 0.1) is 12.8 Å². The number of aromatic nitrogens is 2. The zero-order chi connectivity index (χ0) is 18.7. The van der Waals surface area contributed by atoms with Crippen molar-refractivity contribution in [3.8, 4) is 0 Å². The zero-order valence-corrected chi connectivity index (χ0v) is 16.9. The Morgan fingerprint density at radius 3 is 2.67 bits per heavy atom. The molecule has 1 spiro atoms. The first kappa shape index (κ1) is 18.7. The summed E-state index contributed by atoms with van der Waals surface area (Å²) in [6.45, 7) is 9.51. The van der Waals surface area contributed by atoms with Crippen molar-refractivity contribution in [1.29, 1.82) is 0 Å². The second kappa shape index (κ2) is 8.15. The van der Waals surface area contributed by atoms with E-state index < -0.39 is 0 Å². The molecule has 27 heavy (non-hydrogen) atoms. The van der Waals surface area contributed by atoms with Crippen LogP contribution in [0.25, 0.3) is 0 Å². The van der Waals surface area contributed by atoms with E-state index in [0.717, 1.165) is 38.7 Å². The molecule has 0 saturated carbocycles. The molecular weight excluding hydrogens is 334 g/mol. The standard InChI is InChI=1S/C23H33N3O/c1-3-26-19(2)22(17-24-26)18-25-12-10-23(11-13-25)16-21(9-14-27-23)15-20-7-5-4-6-8-20/h4-8,17,21H,3,9-16,18H2,1-2H3. The average molecular weight is 368 g/mol. The maximum atomic E-state index is 6.38. The summed E-state index contributed by atoms with van der Waals surface area (Å²) in [6.07, 6.45) is 8.01. The van der Waals surface area contributed by atoms with E-state index in [0.29, 0.717) is 0 Å². The van der Waals surface area contributed by atoms with Gasteiger partial charge in [-0.3, -0.25) is 9.58 Å². The average Bonchev–Trinajstić information content (AvgIpc) is 3.04. The molecule has 4 heteroatoms. The first-order chi connectivity index (χ1) is 13.2. The van der Waals surface area contributed by atoms with E-state index in [1.54, 1.807) is 0 Å². The fourth-order valence-corrected chi connectivity index (χ4v) is 4.92. The van der Waals surface area contributed by atoms with Crippen LogP contribution in [0.5, 0.6) is 0 Å². The maximum absolute atomic E-state index is 6.38. The third-order valence-electron chi connectivity index (χ3n) is 6.63. The van der Waals surface area contributed by atoms with Crippen LogP contribution in [0.2, 0.25) is 0 Å². The molecule has 1 aromatic carbocycles. The highest BCUT2D eigenvalue weighted by atomic mass is 16.5. The molecule has 0 radical (unpaired) electrons. The summed E-state index contributed by atoms with van der Waals surface area (Å²) in [5, 5.41) is 4.50. The van der Waals surface area contributed by atoms with E-state index in [1.807, 2.05) is 0 Å². The molecule has 2 aliphatic rings. The van der Waals surface area contributed by atoms with Crippen molar-refractivity contribution in [3.05, 3.63) is 53.3 Å². The lowest BCUT2D eigenvalue weighted by molar-refractivity contribution is -0.127. The van der Waals surface area contributed by atoms with E-state index >= 15 is 0 Å². The number of piperidine rings is 1. The van der Waals surface area contributed by atoms with Crippen molar-refractivity contribution in [2.24, 2.45) is 5.92 Å². The molecule has 2 aliphatic heterocycles. The number of likely N-dealkylation sites (tertiary alicyclic amines) is 1. The molecule has 2 saturated heterocycles. The highest BCUT2D eigenvalue weighted by Crippen LogP contribution is 2.39. The monoisotopic (exact) mass is 367 g/mol. The fourth-order valence-electron chi connectivity index (χ4n) is 4.92. The third-order valence-corrected chi connectivity index (χ3v) is 6.63. The van der Waals surface area contributed by atoms with E-state index in [2.05, 4.69) is 65.1 Å². The molecule has 1 aromatic heterocycles. The number of hydrogen-bond donors (Lipinski definition) is 0. The van der Waals surface area contributed by atoms with Crippen LogP contribution < -0.4 is 0 Å². The van der Waals surface area contributed by atoms with Crippen molar-refractivity contribution in [3.63, 3.8) is 0 Å². The number of ether oxygens (including phenoxy) is 1. The summed E-state index contributed by atoms with van der Waals surface area (Å²) >= 11 is 0. The minimum Gasteiger partial charge on any atom is -0.375 e. The van der Waals surface area contributed by atoms with E-state index in [1.165, 1.54) is 48.9 Å². The lowest BCUT2D eigenvalue weighted by atomic mass is 9.77. The van der Waals surface area contributed by atoms with Gasteiger partial charge in [0.2, 0.25) is 0 Å². The summed E-state index contributed by atoms with van der Waals surface area (Å²) in [4.78, 5) is 2.58. The molecule has 2 fully saturated rings. The molecule has 2 aromatic rings. The molecule has 0 N–H and O–H groups in total. The largest absolute Gasteiger partial charge is 0.375 e. The molecule has 4 rings (SSSR count). The second-order valence-electron chi connectivity index (χ2n) is 8.43. The van der Waals surface area contributed by atoms with E-state index in [4.69, 9.17) is 4.74 Å². The van der Waals surface area contributed by atoms with Crippen molar-refractivity contribution in [1.82, 2.24) is 14.7 Å². The lowest BCUT2D eigenvalue weighted by Crippen LogP contribution is -2.49. The van der Waals surface area contributed by atoms with Gasteiger partial charge in [0.1, 0.15) is 0 Å². The van der Waals surface area contributed by atoms with Crippen LogP contribution in [0.4, 0.5) is 0 Å². The summed E-state index contributed by atoms with van der Waals surface area (Å²) in [7, 11) is 0. The van der Waals surface area contributed by atoms with Crippen LogP contribution in [0.3, 0.4) is 0 Å². The molecule has 0 aliphatic carbocycles. The van der Waals surface area contributed by atoms with Gasteiger partial charge in [-0.15, -0.1) is 0 Å². The quantitative estimate of drug-likeness (QED) is 0.793. The summed E-state index contributed by atoms with van der Waals surface area (Å²) in [5.41, 5.74) is 4.28. The molecule has 0 bridgehead atoms. The summed E-state index contributed by atoms with van der Waals surface area (Å²) in [5.74, 6) is 0.762. The van der Waals surface area contributed by atoms with E-state index in [-0.39, 0.29) is 5.60 Å². The Bertz CT molecular complexity index is 731. The smallest absolute Gasteiger partial charge is 0.0709 e. The Morgan fingerprint density at radius 1 is 1.19 bits per heavy atom. The number of aryl methyl sites for hydroxylation is 1. The molecular formula is C23H33N3O. The zero-order valence-electron chi connectivity index (χ0n) is 16.9. The first-order valence-corrected chi connectivity index (χ1v) is 10.6. The Labute approximate surface area is 163 Å². The number of rotatable bonds is 5. The minimum atomic E-state index is 0.122. The predicted octanol–water partition coefficient (Wildman–Crippen LogP) is 4.22. The Balaban J connectivity index is 1.32. The molecule has 146 valence electrons. The molecule has 4 nitrogen and oxygen atoms in total. The van der Waals surface area contributed by atoms with Gasteiger partial charge in [0.25, 0.3) is 0 Å². The predicted molar refractivity (Wildman–Crippen MR) is 109 cm³/mol. The normalized spacial score (nSPS) is 23.0. The van der Waals surface area contributed by atoms with Gasteiger partial charge in [-0.25, -0.2) is 0 Å². The van der Waals surface area contributed by atoms with Crippen LogP contribution in [-0.2, 0) is 24.2 Å². The van der Waals surface area contributed by atoms with Crippen molar-refractivity contribution in [2.45, 2.75) is 64.6 Å². The van der Waals surface area contributed by atoms with Gasteiger partial charge in [0.15, 0.2) is 0 Å². The number of hydrogen-bond acceptors (Lipinski definition) is 3. The first-order valence-electron chi connectivity index (χ1n) is 10.6. The van der Waals surface area contributed by atoms with Crippen LogP contribution >= 0.6 is 0 Å². The summed E-state index contributed by atoms with van der Waals surface area (Å²) in [6, 6.07) is 11.0. The number of benzene rings is 1. The Hall–Kier alpha value is -1.65. The van der Waals surface area contributed by atoms with Crippen LogP contribution in [0.15, 0.2) is 36.5 Å². The maximum Gasteiger partial charge on any atom is 0.0709 e. The molecule has 3 heterocycles. The number of nitrogens with zero attached hydrogens (tertiary/aromatic N) is 3. The van der Waals surface area contributed by atoms with Crippen molar-refractivity contribution < 1.29 is 4.74 Å². The van der Waals surface area contributed by atoms with Gasteiger partial charge >= 0.3 is 0 Å². The third kappa shape index (κ3) is 4.27. The lowest BCUT2D eigenvalue weighted by Gasteiger charge is -2.46. The SMILES string of the molecule is CCn1ncc(CN2CCC3(CC2)CC(Cc2ccccc2)CCO3)c1C.